The van der Waals surface area contributed by atoms with E-state index in [1.54, 1.807) is 24.5 Å². The van der Waals surface area contributed by atoms with Crippen LogP contribution in [0.4, 0.5) is 5.13 Å². The molecule has 1 N–H and O–H groups in total. The van der Waals surface area contributed by atoms with E-state index in [4.69, 9.17) is 0 Å². The van der Waals surface area contributed by atoms with Crippen molar-refractivity contribution < 1.29 is 14.7 Å². The number of nitrogens with zero attached hydrogens (tertiary/aromatic N) is 4. The van der Waals surface area contributed by atoms with Gasteiger partial charge in [0.15, 0.2) is 4.34 Å². The van der Waals surface area contributed by atoms with E-state index >= 15 is 0 Å². The monoisotopic (exact) mass is 564 g/mol. The number of Topliss-reactive ketones (excluding diaryl/α,β-unsaturated/α-hetero) is 1. The van der Waals surface area contributed by atoms with E-state index in [-0.39, 0.29) is 11.3 Å². The molecule has 0 spiro atoms. The molecule has 5 aromatic rings. The third-order valence-electron chi connectivity index (χ3n) is 6.95. The topological polar surface area (TPSA) is 96.3 Å². The number of aliphatic hydroxyl groups is 1. The largest absolute Gasteiger partial charge is 0.507 e. The van der Waals surface area contributed by atoms with Crippen molar-refractivity contribution in [3.8, 4) is 0 Å². The van der Waals surface area contributed by atoms with Gasteiger partial charge in [-0.15, -0.1) is 10.2 Å². The highest BCUT2D eigenvalue weighted by Crippen LogP contribution is 2.44. The summed E-state index contributed by atoms with van der Waals surface area (Å²) >= 11 is 2.77. The van der Waals surface area contributed by atoms with Gasteiger partial charge >= 0.3 is 5.91 Å². The molecular formula is C31H24N4O3S2. The van der Waals surface area contributed by atoms with Crippen LogP contribution in [0.25, 0.3) is 16.5 Å². The Morgan fingerprint density at radius 2 is 1.75 bits per heavy atom. The van der Waals surface area contributed by atoms with Gasteiger partial charge < -0.3 is 5.11 Å². The number of hydrogen-bond acceptors (Lipinski definition) is 8. The number of aromatic nitrogens is 3. The van der Waals surface area contributed by atoms with Crippen molar-refractivity contribution in [2.75, 3.05) is 4.90 Å². The van der Waals surface area contributed by atoms with Crippen molar-refractivity contribution in [3.05, 3.63) is 119 Å². The second-order valence-corrected chi connectivity index (χ2v) is 11.7. The highest BCUT2D eigenvalue weighted by Gasteiger charge is 2.48. The lowest BCUT2D eigenvalue weighted by Crippen LogP contribution is -2.29. The summed E-state index contributed by atoms with van der Waals surface area (Å²) in [6.45, 7) is 3.77. The first-order chi connectivity index (χ1) is 19.4. The number of aryl methyl sites for hydroxylation is 2. The quantitative estimate of drug-likeness (QED) is 0.0814. The fraction of sp³-hybridized carbons (Fsp3) is 0.129. The Labute approximate surface area is 239 Å². The van der Waals surface area contributed by atoms with Gasteiger partial charge in [-0.25, -0.2) is 0 Å². The molecule has 1 saturated heterocycles. The van der Waals surface area contributed by atoms with Crippen molar-refractivity contribution in [1.82, 2.24) is 15.2 Å². The van der Waals surface area contributed by atoms with Crippen molar-refractivity contribution in [1.29, 1.82) is 0 Å². The molecule has 7 nitrogen and oxygen atoms in total. The third kappa shape index (κ3) is 4.67. The number of aliphatic hydroxyl groups excluding tert-OH is 1. The summed E-state index contributed by atoms with van der Waals surface area (Å²) in [7, 11) is 0. The summed E-state index contributed by atoms with van der Waals surface area (Å²) in [6, 6.07) is 22.7. The minimum Gasteiger partial charge on any atom is -0.507 e. The maximum Gasteiger partial charge on any atom is 0.301 e. The normalized spacial score (nSPS) is 16.6. The predicted octanol–water partition coefficient (Wildman–Crippen LogP) is 6.62. The summed E-state index contributed by atoms with van der Waals surface area (Å²) in [5, 5.41) is 22.7. The van der Waals surface area contributed by atoms with E-state index in [0.29, 0.717) is 26.4 Å². The molecule has 0 bridgehead atoms. The number of thioether (sulfide) groups is 1. The molecule has 0 aliphatic carbocycles. The van der Waals surface area contributed by atoms with Gasteiger partial charge in [0.25, 0.3) is 5.78 Å². The zero-order chi connectivity index (χ0) is 27.8. The van der Waals surface area contributed by atoms with E-state index in [1.165, 1.54) is 44.3 Å². The smallest absolute Gasteiger partial charge is 0.301 e. The average molecular weight is 565 g/mol. The predicted molar refractivity (Wildman–Crippen MR) is 158 cm³/mol. The minimum absolute atomic E-state index is 0.0186. The molecule has 6 rings (SSSR count). The number of rotatable bonds is 6. The molecule has 0 saturated carbocycles. The van der Waals surface area contributed by atoms with Crippen LogP contribution in [0.2, 0.25) is 0 Å². The first kappa shape index (κ1) is 25.9. The highest BCUT2D eigenvalue weighted by atomic mass is 32.2. The van der Waals surface area contributed by atoms with Gasteiger partial charge in [0, 0.05) is 23.7 Å². The molecular weight excluding hydrogens is 541 g/mol. The molecule has 1 fully saturated rings. The number of carbonyl (C=O) groups is 2. The third-order valence-corrected chi connectivity index (χ3v) is 9.05. The molecule has 1 amide bonds. The molecule has 40 heavy (non-hydrogen) atoms. The summed E-state index contributed by atoms with van der Waals surface area (Å²) < 4.78 is 0.674. The van der Waals surface area contributed by atoms with Crippen molar-refractivity contribution in [2.45, 2.75) is 30.0 Å². The number of fused-ring (bicyclic) bond motifs is 1. The number of anilines is 1. The maximum absolute atomic E-state index is 13.5. The molecule has 3 heterocycles. The van der Waals surface area contributed by atoms with Gasteiger partial charge in [-0.3, -0.25) is 19.5 Å². The van der Waals surface area contributed by atoms with Crippen LogP contribution in [0.15, 0.2) is 95.1 Å². The molecule has 1 atom stereocenters. The molecule has 2 aromatic heterocycles. The van der Waals surface area contributed by atoms with Crippen molar-refractivity contribution in [3.63, 3.8) is 0 Å². The van der Waals surface area contributed by atoms with Gasteiger partial charge in [-0.1, -0.05) is 83.3 Å². The second kappa shape index (κ2) is 10.7. The fourth-order valence-electron chi connectivity index (χ4n) is 4.94. The summed E-state index contributed by atoms with van der Waals surface area (Å²) in [5.74, 6) is -1.05. The summed E-state index contributed by atoms with van der Waals surface area (Å²) in [5.41, 5.74) is 4.07. The van der Waals surface area contributed by atoms with Crippen LogP contribution in [-0.2, 0) is 15.3 Å². The average Bonchev–Trinajstić information content (AvgIpc) is 3.55. The van der Waals surface area contributed by atoms with Crippen LogP contribution in [0.1, 0.15) is 33.9 Å². The molecule has 198 valence electrons. The number of benzene rings is 3. The summed E-state index contributed by atoms with van der Waals surface area (Å²) in [6.07, 6.45) is 3.19. The van der Waals surface area contributed by atoms with E-state index in [9.17, 15) is 14.7 Å². The van der Waals surface area contributed by atoms with Crippen molar-refractivity contribution in [2.24, 2.45) is 0 Å². The van der Waals surface area contributed by atoms with Crippen LogP contribution >= 0.6 is 23.1 Å². The molecule has 1 aliphatic heterocycles. The SMILES string of the molecule is Cc1ccc(C)c(C(O)=C2C(=O)C(=O)N(c3nnc(SCc4cccc5ccccc45)s3)C2c2ccncc2)c1. The number of hydrogen-bond donors (Lipinski definition) is 1. The van der Waals surface area contributed by atoms with E-state index < -0.39 is 17.7 Å². The number of ketones is 1. The van der Waals surface area contributed by atoms with Gasteiger partial charge in [0.1, 0.15) is 5.76 Å². The minimum atomic E-state index is -0.869. The number of pyridine rings is 1. The Morgan fingerprint density at radius 3 is 2.58 bits per heavy atom. The number of amides is 1. The number of carbonyl (C=O) groups excluding carboxylic acids is 2. The summed E-state index contributed by atoms with van der Waals surface area (Å²) in [4.78, 5) is 32.4. The Kier molecular flexibility index (Phi) is 6.91. The molecule has 1 unspecified atom stereocenters. The van der Waals surface area contributed by atoms with Crippen LogP contribution in [0.3, 0.4) is 0 Å². The van der Waals surface area contributed by atoms with Crippen LogP contribution in [0, 0.1) is 13.8 Å². The van der Waals surface area contributed by atoms with Gasteiger partial charge in [-0.05, 0) is 59.5 Å². The molecule has 9 heteroatoms. The van der Waals surface area contributed by atoms with Crippen molar-refractivity contribution >= 4 is 56.5 Å². The van der Waals surface area contributed by atoms with E-state index in [1.807, 2.05) is 50.2 Å². The van der Waals surface area contributed by atoms with E-state index in [0.717, 1.165) is 11.1 Å². The Bertz CT molecular complexity index is 1790. The van der Waals surface area contributed by atoms with Crippen LogP contribution in [-0.4, -0.2) is 32.0 Å². The first-order valence-electron chi connectivity index (χ1n) is 12.6. The zero-order valence-corrected chi connectivity index (χ0v) is 23.4. The van der Waals surface area contributed by atoms with E-state index in [2.05, 4.69) is 39.4 Å². The molecule has 0 radical (unpaired) electrons. The van der Waals surface area contributed by atoms with Crippen LogP contribution in [0.5, 0.6) is 0 Å². The zero-order valence-electron chi connectivity index (χ0n) is 21.7. The molecule has 3 aromatic carbocycles. The fourth-order valence-corrected chi connectivity index (χ4v) is 6.81. The molecule has 1 aliphatic rings. The maximum atomic E-state index is 13.5. The lowest BCUT2D eigenvalue weighted by Gasteiger charge is -2.22. The Morgan fingerprint density at radius 1 is 0.975 bits per heavy atom. The lowest BCUT2D eigenvalue weighted by molar-refractivity contribution is -0.132. The lowest BCUT2D eigenvalue weighted by atomic mass is 9.94. The van der Waals surface area contributed by atoms with Gasteiger partial charge in [-0.2, -0.15) is 0 Å². The Balaban J connectivity index is 1.37. The van der Waals surface area contributed by atoms with Gasteiger partial charge in [0.2, 0.25) is 5.13 Å². The first-order valence-corrected chi connectivity index (χ1v) is 14.4. The Hall–Kier alpha value is -4.34. The standard InChI is InChI=1S/C31H24N4O3S2/c1-18-10-11-19(2)24(16-18)27(36)25-26(21-12-14-32-15-13-21)35(29(38)28(25)37)30-33-34-31(40-30)39-17-22-8-5-7-20-6-3-4-9-23(20)22/h3-16,26,36H,17H2,1-2H3. The second-order valence-electron chi connectivity index (χ2n) is 9.55. The van der Waals surface area contributed by atoms with Gasteiger partial charge in [0.05, 0.1) is 11.6 Å². The van der Waals surface area contributed by atoms with Crippen LogP contribution < -0.4 is 4.90 Å². The highest BCUT2D eigenvalue weighted by molar-refractivity contribution is 8.00.